The fourth-order valence-corrected chi connectivity index (χ4v) is 1.96. The Morgan fingerprint density at radius 2 is 2.07 bits per heavy atom. The number of likely N-dealkylation sites (tertiary alicyclic amines) is 1. The molecule has 1 aliphatic heterocycles. The van der Waals surface area contributed by atoms with Crippen molar-refractivity contribution in [2.75, 3.05) is 31.5 Å². The zero-order valence-electron chi connectivity index (χ0n) is 8.88. The molecule has 15 heavy (non-hydrogen) atoms. The molecule has 3 heteroatoms. The van der Waals surface area contributed by atoms with Gasteiger partial charge in [0.1, 0.15) is 5.82 Å². The van der Waals surface area contributed by atoms with Gasteiger partial charge in [-0.2, -0.15) is 0 Å². The molecule has 1 saturated heterocycles. The van der Waals surface area contributed by atoms with E-state index in [1.54, 1.807) is 6.07 Å². The quantitative estimate of drug-likeness (QED) is 0.817. The molecule has 0 aliphatic carbocycles. The number of hydrogen-bond donors (Lipinski definition) is 1. The predicted molar refractivity (Wildman–Crippen MR) is 60.6 cm³/mol. The molecule has 2 nitrogen and oxygen atoms in total. The lowest BCUT2D eigenvalue weighted by molar-refractivity contribution is 0.352. The summed E-state index contributed by atoms with van der Waals surface area (Å²) >= 11 is 0. The van der Waals surface area contributed by atoms with Crippen molar-refractivity contribution in [3.8, 4) is 0 Å². The molecule has 0 bridgehead atoms. The average Bonchev–Trinajstić information content (AvgIpc) is 2.71. The summed E-state index contributed by atoms with van der Waals surface area (Å²) in [6, 6.07) is 6.62. The van der Waals surface area contributed by atoms with Crippen LogP contribution in [0.4, 0.5) is 10.1 Å². The second kappa shape index (κ2) is 5.12. The van der Waals surface area contributed by atoms with Crippen molar-refractivity contribution < 1.29 is 4.39 Å². The van der Waals surface area contributed by atoms with Crippen LogP contribution < -0.4 is 5.32 Å². The molecule has 2 rings (SSSR count). The molecule has 0 spiro atoms. The maximum absolute atomic E-state index is 12.8. The van der Waals surface area contributed by atoms with E-state index in [1.807, 2.05) is 6.07 Å². The third-order valence-corrected chi connectivity index (χ3v) is 2.78. The predicted octanol–water partition coefficient (Wildman–Crippen LogP) is 2.33. The van der Waals surface area contributed by atoms with Crippen molar-refractivity contribution in [2.45, 2.75) is 12.8 Å². The Balaban J connectivity index is 1.73. The van der Waals surface area contributed by atoms with Crippen molar-refractivity contribution in [1.82, 2.24) is 4.90 Å². The first-order valence-electron chi connectivity index (χ1n) is 5.56. The van der Waals surface area contributed by atoms with Crippen LogP contribution in [-0.4, -0.2) is 31.1 Å². The van der Waals surface area contributed by atoms with E-state index >= 15 is 0 Å². The van der Waals surface area contributed by atoms with Crippen molar-refractivity contribution in [1.29, 1.82) is 0 Å². The molecule has 1 aliphatic rings. The highest BCUT2D eigenvalue weighted by Crippen LogP contribution is 2.10. The Bertz CT molecular complexity index is 308. The van der Waals surface area contributed by atoms with Crippen molar-refractivity contribution in [3.05, 3.63) is 30.1 Å². The van der Waals surface area contributed by atoms with Crippen LogP contribution in [0.5, 0.6) is 0 Å². The van der Waals surface area contributed by atoms with Crippen molar-refractivity contribution >= 4 is 5.69 Å². The molecule has 0 amide bonds. The monoisotopic (exact) mass is 208 g/mol. The number of anilines is 1. The lowest BCUT2D eigenvalue weighted by Crippen LogP contribution is -2.25. The van der Waals surface area contributed by atoms with Crippen LogP contribution in [0.25, 0.3) is 0 Å². The smallest absolute Gasteiger partial charge is 0.125 e. The van der Waals surface area contributed by atoms with Gasteiger partial charge in [-0.3, -0.25) is 0 Å². The Morgan fingerprint density at radius 3 is 2.80 bits per heavy atom. The van der Waals surface area contributed by atoms with Crippen LogP contribution in [0.3, 0.4) is 0 Å². The molecule has 1 aromatic carbocycles. The van der Waals surface area contributed by atoms with E-state index < -0.39 is 0 Å². The van der Waals surface area contributed by atoms with Gasteiger partial charge in [0.15, 0.2) is 0 Å². The summed E-state index contributed by atoms with van der Waals surface area (Å²) in [5, 5.41) is 3.23. The van der Waals surface area contributed by atoms with Crippen LogP contribution in [0.1, 0.15) is 12.8 Å². The van der Waals surface area contributed by atoms with E-state index in [2.05, 4.69) is 10.2 Å². The molecule has 0 unspecified atom stereocenters. The highest BCUT2D eigenvalue weighted by Gasteiger charge is 2.09. The number of halogens is 1. The van der Waals surface area contributed by atoms with E-state index in [1.165, 1.54) is 38.1 Å². The number of nitrogens with one attached hydrogen (secondary N) is 1. The number of rotatable bonds is 4. The molecule has 1 aromatic rings. The van der Waals surface area contributed by atoms with Gasteiger partial charge >= 0.3 is 0 Å². The molecule has 0 atom stereocenters. The molecule has 1 fully saturated rings. The maximum Gasteiger partial charge on any atom is 0.125 e. The normalized spacial score (nSPS) is 16.9. The zero-order valence-corrected chi connectivity index (χ0v) is 8.88. The van der Waals surface area contributed by atoms with Crippen LogP contribution in [0, 0.1) is 5.82 Å². The highest BCUT2D eigenvalue weighted by molar-refractivity contribution is 5.42. The Hall–Kier alpha value is -1.09. The van der Waals surface area contributed by atoms with Crippen molar-refractivity contribution in [2.24, 2.45) is 0 Å². The van der Waals surface area contributed by atoms with Crippen LogP contribution in [-0.2, 0) is 0 Å². The fourth-order valence-electron chi connectivity index (χ4n) is 1.96. The Kier molecular flexibility index (Phi) is 3.56. The lowest BCUT2D eigenvalue weighted by Gasteiger charge is -2.15. The molecule has 1 heterocycles. The van der Waals surface area contributed by atoms with Crippen molar-refractivity contribution in [3.63, 3.8) is 0 Å². The van der Waals surface area contributed by atoms with Gasteiger partial charge in [-0.25, -0.2) is 4.39 Å². The maximum atomic E-state index is 12.8. The van der Waals surface area contributed by atoms with Gasteiger partial charge < -0.3 is 10.2 Å². The molecule has 0 radical (unpaired) electrons. The van der Waals surface area contributed by atoms with Gasteiger partial charge in [-0.05, 0) is 44.1 Å². The summed E-state index contributed by atoms with van der Waals surface area (Å²) in [6.45, 7) is 4.37. The average molecular weight is 208 g/mol. The van der Waals surface area contributed by atoms with Gasteiger partial charge in [0.05, 0.1) is 0 Å². The highest BCUT2D eigenvalue weighted by atomic mass is 19.1. The van der Waals surface area contributed by atoms with Gasteiger partial charge in [-0.15, -0.1) is 0 Å². The van der Waals surface area contributed by atoms with Crippen LogP contribution in [0.15, 0.2) is 24.3 Å². The molecule has 82 valence electrons. The Morgan fingerprint density at radius 1 is 1.27 bits per heavy atom. The van der Waals surface area contributed by atoms with Gasteiger partial charge in [0, 0.05) is 18.8 Å². The second-order valence-corrected chi connectivity index (χ2v) is 3.99. The first-order valence-corrected chi connectivity index (χ1v) is 5.56. The molecule has 0 aromatic heterocycles. The third-order valence-electron chi connectivity index (χ3n) is 2.78. The minimum Gasteiger partial charge on any atom is -0.384 e. The second-order valence-electron chi connectivity index (χ2n) is 3.99. The number of nitrogens with zero attached hydrogens (tertiary/aromatic N) is 1. The summed E-state index contributed by atoms with van der Waals surface area (Å²) in [5.41, 5.74) is 0.870. The summed E-state index contributed by atoms with van der Waals surface area (Å²) in [7, 11) is 0. The van der Waals surface area contributed by atoms with Crippen LogP contribution >= 0.6 is 0 Å². The van der Waals surface area contributed by atoms with E-state index in [0.717, 1.165) is 18.8 Å². The first-order chi connectivity index (χ1) is 7.34. The molecular formula is C12H17FN2. The minimum absolute atomic E-state index is 0.179. The summed E-state index contributed by atoms with van der Waals surface area (Å²) in [6.07, 6.45) is 2.64. The third kappa shape index (κ3) is 3.20. The topological polar surface area (TPSA) is 15.3 Å². The standard InChI is InChI=1S/C12H17FN2/c13-11-4-3-5-12(10-11)14-6-9-15-7-1-2-8-15/h3-5,10,14H,1-2,6-9H2. The largest absolute Gasteiger partial charge is 0.384 e. The summed E-state index contributed by atoms with van der Waals surface area (Å²) in [4.78, 5) is 2.44. The van der Waals surface area contributed by atoms with E-state index in [4.69, 9.17) is 0 Å². The number of benzene rings is 1. The SMILES string of the molecule is Fc1cccc(NCCN2CCCC2)c1. The zero-order chi connectivity index (χ0) is 10.5. The van der Waals surface area contributed by atoms with Crippen LogP contribution in [0.2, 0.25) is 0 Å². The van der Waals surface area contributed by atoms with E-state index in [9.17, 15) is 4.39 Å². The van der Waals surface area contributed by atoms with Gasteiger partial charge in [0.2, 0.25) is 0 Å². The molecule has 0 saturated carbocycles. The molecule has 1 N–H and O–H groups in total. The summed E-state index contributed by atoms with van der Waals surface area (Å²) < 4.78 is 12.8. The number of hydrogen-bond acceptors (Lipinski definition) is 2. The Labute approximate surface area is 90.1 Å². The van der Waals surface area contributed by atoms with Gasteiger partial charge in [-0.1, -0.05) is 6.07 Å². The summed E-state index contributed by atoms with van der Waals surface area (Å²) in [5.74, 6) is -0.179. The molecular weight excluding hydrogens is 191 g/mol. The van der Waals surface area contributed by atoms with E-state index in [0.29, 0.717) is 0 Å². The van der Waals surface area contributed by atoms with E-state index in [-0.39, 0.29) is 5.82 Å². The fraction of sp³-hybridized carbons (Fsp3) is 0.500. The lowest BCUT2D eigenvalue weighted by atomic mass is 10.3. The first kappa shape index (κ1) is 10.4. The minimum atomic E-state index is -0.179. The van der Waals surface area contributed by atoms with Gasteiger partial charge in [0.25, 0.3) is 0 Å².